The van der Waals surface area contributed by atoms with E-state index in [1.54, 1.807) is 0 Å². The van der Waals surface area contributed by atoms with Crippen LogP contribution in [-0.2, 0) is 6.54 Å². The summed E-state index contributed by atoms with van der Waals surface area (Å²) in [4.78, 5) is 2.53. The van der Waals surface area contributed by atoms with Gasteiger partial charge in [-0.2, -0.15) is 0 Å². The molecule has 0 bridgehead atoms. The van der Waals surface area contributed by atoms with Crippen molar-refractivity contribution in [3.63, 3.8) is 0 Å². The van der Waals surface area contributed by atoms with Gasteiger partial charge >= 0.3 is 0 Å². The summed E-state index contributed by atoms with van der Waals surface area (Å²) in [6.07, 6.45) is 8.02. The van der Waals surface area contributed by atoms with E-state index in [-0.39, 0.29) is 5.54 Å². The second kappa shape index (κ2) is 6.08. The highest BCUT2D eigenvalue weighted by molar-refractivity contribution is 5.15. The molecule has 1 unspecified atom stereocenters. The largest absolute Gasteiger partial charge is 0.329 e. The number of nitrogens with one attached hydrogen (secondary N) is 1. The number of nitrogens with zero attached hydrogens (tertiary/aromatic N) is 1. The number of benzene rings is 1. The van der Waals surface area contributed by atoms with Crippen molar-refractivity contribution < 1.29 is 0 Å². The van der Waals surface area contributed by atoms with Gasteiger partial charge in [0.1, 0.15) is 0 Å². The van der Waals surface area contributed by atoms with Crippen molar-refractivity contribution in [3.8, 4) is 0 Å². The zero-order valence-corrected chi connectivity index (χ0v) is 12.1. The van der Waals surface area contributed by atoms with Crippen molar-refractivity contribution >= 4 is 0 Å². The number of rotatable bonds is 5. The van der Waals surface area contributed by atoms with E-state index < -0.39 is 0 Å². The Morgan fingerprint density at radius 2 is 1.95 bits per heavy atom. The van der Waals surface area contributed by atoms with Crippen LogP contribution in [0.1, 0.15) is 24.8 Å². The van der Waals surface area contributed by atoms with Gasteiger partial charge in [-0.15, -0.1) is 0 Å². The molecule has 0 amide bonds. The van der Waals surface area contributed by atoms with Crippen LogP contribution in [0.4, 0.5) is 0 Å². The van der Waals surface area contributed by atoms with E-state index in [9.17, 15) is 0 Å². The third kappa shape index (κ3) is 3.11. The minimum absolute atomic E-state index is 0.117. The maximum absolute atomic E-state index is 6.09. The first-order chi connectivity index (χ1) is 9.80. The Morgan fingerprint density at radius 1 is 1.20 bits per heavy atom. The van der Waals surface area contributed by atoms with E-state index in [1.165, 1.54) is 5.56 Å². The molecule has 3 N–H and O–H groups in total. The molecule has 0 radical (unpaired) electrons. The lowest BCUT2D eigenvalue weighted by molar-refractivity contribution is 0.260. The second-order valence-corrected chi connectivity index (χ2v) is 6.21. The van der Waals surface area contributed by atoms with Crippen LogP contribution >= 0.6 is 0 Å². The lowest BCUT2D eigenvalue weighted by Crippen LogP contribution is -2.56. The quantitative estimate of drug-likeness (QED) is 0.804. The lowest BCUT2D eigenvalue weighted by atomic mass is 9.96. The van der Waals surface area contributed by atoms with Gasteiger partial charge in [-0.3, -0.25) is 4.90 Å². The molecule has 0 saturated carbocycles. The Labute approximate surface area is 121 Å². The van der Waals surface area contributed by atoms with Crippen LogP contribution < -0.4 is 11.1 Å². The van der Waals surface area contributed by atoms with Gasteiger partial charge in [0, 0.05) is 37.8 Å². The SMILES string of the molecule is NCC1(NC2CC=CC2)CCN(Cc2ccccc2)C1. The Balaban J connectivity index is 1.58. The molecule has 108 valence electrons. The predicted octanol–water partition coefficient (Wildman–Crippen LogP) is 1.90. The molecule has 1 heterocycles. The molecule has 1 aromatic carbocycles. The normalized spacial score (nSPS) is 27.4. The zero-order chi connectivity index (χ0) is 13.8. The fourth-order valence-electron chi connectivity index (χ4n) is 3.45. The first-order valence-corrected chi connectivity index (χ1v) is 7.69. The van der Waals surface area contributed by atoms with Gasteiger partial charge in [-0.1, -0.05) is 42.5 Å². The van der Waals surface area contributed by atoms with E-state index in [0.29, 0.717) is 6.04 Å². The van der Waals surface area contributed by atoms with Crippen molar-refractivity contribution in [2.24, 2.45) is 5.73 Å². The van der Waals surface area contributed by atoms with Gasteiger partial charge in [0.15, 0.2) is 0 Å². The molecule has 20 heavy (non-hydrogen) atoms. The maximum atomic E-state index is 6.09. The van der Waals surface area contributed by atoms with Crippen molar-refractivity contribution in [3.05, 3.63) is 48.0 Å². The molecule has 1 aliphatic carbocycles. The van der Waals surface area contributed by atoms with Crippen LogP contribution in [0, 0.1) is 0 Å². The summed E-state index contributed by atoms with van der Waals surface area (Å²) in [6, 6.07) is 11.3. The molecule has 1 aliphatic heterocycles. The number of nitrogens with two attached hydrogens (primary N) is 1. The van der Waals surface area contributed by atoms with E-state index in [1.807, 2.05) is 0 Å². The summed E-state index contributed by atoms with van der Waals surface area (Å²) >= 11 is 0. The third-order valence-corrected chi connectivity index (χ3v) is 4.59. The summed E-state index contributed by atoms with van der Waals surface area (Å²) in [5, 5.41) is 3.83. The number of hydrogen-bond donors (Lipinski definition) is 2. The van der Waals surface area contributed by atoms with Crippen molar-refractivity contribution in [2.75, 3.05) is 19.6 Å². The van der Waals surface area contributed by atoms with E-state index in [0.717, 1.165) is 45.4 Å². The standard InChI is InChI=1S/C17H25N3/c18-13-17(19-16-8-4-5-9-16)10-11-20(14-17)12-15-6-2-1-3-7-15/h1-7,16,19H,8-14,18H2. The predicted molar refractivity (Wildman–Crippen MR) is 83.4 cm³/mol. The molecule has 1 atom stereocenters. The molecular formula is C17H25N3. The minimum Gasteiger partial charge on any atom is -0.329 e. The topological polar surface area (TPSA) is 41.3 Å². The Morgan fingerprint density at radius 3 is 2.65 bits per heavy atom. The fraction of sp³-hybridized carbons (Fsp3) is 0.529. The molecule has 1 fully saturated rings. The smallest absolute Gasteiger partial charge is 0.0447 e. The monoisotopic (exact) mass is 271 g/mol. The molecule has 3 rings (SSSR count). The zero-order valence-electron chi connectivity index (χ0n) is 12.1. The molecular weight excluding hydrogens is 246 g/mol. The van der Waals surface area contributed by atoms with Gasteiger partial charge < -0.3 is 11.1 Å². The van der Waals surface area contributed by atoms with Crippen LogP contribution in [-0.4, -0.2) is 36.1 Å². The van der Waals surface area contributed by atoms with Crippen LogP contribution in [0.15, 0.2) is 42.5 Å². The molecule has 1 saturated heterocycles. The molecule has 3 heteroatoms. The summed E-state index contributed by atoms with van der Waals surface area (Å²) < 4.78 is 0. The van der Waals surface area contributed by atoms with E-state index in [4.69, 9.17) is 5.73 Å². The highest BCUT2D eigenvalue weighted by Crippen LogP contribution is 2.25. The van der Waals surface area contributed by atoms with Gasteiger partial charge in [0.05, 0.1) is 0 Å². The Bertz CT molecular complexity index is 449. The van der Waals surface area contributed by atoms with Gasteiger partial charge in [0.25, 0.3) is 0 Å². The Hall–Kier alpha value is -1.16. The molecule has 0 aromatic heterocycles. The molecule has 1 aromatic rings. The molecule has 3 nitrogen and oxygen atoms in total. The van der Waals surface area contributed by atoms with Gasteiger partial charge in [-0.25, -0.2) is 0 Å². The van der Waals surface area contributed by atoms with Crippen LogP contribution in [0.2, 0.25) is 0 Å². The summed E-state index contributed by atoms with van der Waals surface area (Å²) in [5.74, 6) is 0. The van der Waals surface area contributed by atoms with Gasteiger partial charge in [-0.05, 0) is 24.8 Å². The van der Waals surface area contributed by atoms with Crippen LogP contribution in [0.3, 0.4) is 0 Å². The minimum atomic E-state index is 0.117. The first-order valence-electron chi connectivity index (χ1n) is 7.69. The second-order valence-electron chi connectivity index (χ2n) is 6.21. The fourth-order valence-corrected chi connectivity index (χ4v) is 3.45. The maximum Gasteiger partial charge on any atom is 0.0447 e. The van der Waals surface area contributed by atoms with E-state index >= 15 is 0 Å². The van der Waals surface area contributed by atoms with Crippen molar-refractivity contribution in [1.82, 2.24) is 10.2 Å². The highest BCUT2D eigenvalue weighted by Gasteiger charge is 2.38. The third-order valence-electron chi connectivity index (χ3n) is 4.59. The molecule has 2 aliphatic rings. The summed E-state index contributed by atoms with van der Waals surface area (Å²) in [6.45, 7) is 3.97. The van der Waals surface area contributed by atoms with Crippen LogP contribution in [0.25, 0.3) is 0 Å². The van der Waals surface area contributed by atoms with Crippen LogP contribution in [0.5, 0.6) is 0 Å². The van der Waals surface area contributed by atoms with Crippen molar-refractivity contribution in [1.29, 1.82) is 0 Å². The van der Waals surface area contributed by atoms with Crippen molar-refractivity contribution in [2.45, 2.75) is 37.4 Å². The first kappa shape index (κ1) is 13.8. The average Bonchev–Trinajstić information content (AvgIpc) is 3.11. The lowest BCUT2D eigenvalue weighted by Gasteiger charge is -2.33. The average molecular weight is 271 g/mol. The Kier molecular flexibility index (Phi) is 4.20. The van der Waals surface area contributed by atoms with Gasteiger partial charge in [0.2, 0.25) is 0 Å². The number of hydrogen-bond acceptors (Lipinski definition) is 3. The molecule has 0 spiro atoms. The number of likely N-dealkylation sites (tertiary alicyclic amines) is 1. The summed E-state index contributed by atoms with van der Waals surface area (Å²) in [5.41, 5.74) is 7.60. The van der Waals surface area contributed by atoms with E-state index in [2.05, 4.69) is 52.7 Å². The highest BCUT2D eigenvalue weighted by atomic mass is 15.2. The summed E-state index contributed by atoms with van der Waals surface area (Å²) in [7, 11) is 0.